The minimum atomic E-state index is -0.375. The third-order valence-corrected chi connectivity index (χ3v) is 2.05. The van der Waals surface area contributed by atoms with E-state index in [4.69, 9.17) is 24.5 Å². The average Bonchev–Trinajstić information content (AvgIpc) is 2.18. The Kier molecular flexibility index (Phi) is 13.3. The van der Waals surface area contributed by atoms with Crippen LogP contribution in [-0.4, -0.2) is 48.2 Å². The highest BCUT2D eigenvalue weighted by molar-refractivity contribution is 5.10. The predicted octanol–water partition coefficient (Wildman–Crippen LogP) is 1.11. The minimum Gasteiger partial charge on any atom is -0.393 e. The van der Waals surface area contributed by atoms with Gasteiger partial charge in [-0.25, -0.2) is 0 Å². The monoisotopic (exact) mass is 250 g/mol. The van der Waals surface area contributed by atoms with Crippen LogP contribution in [0.15, 0.2) is 0 Å². The van der Waals surface area contributed by atoms with Gasteiger partial charge in [-0.3, -0.25) is 0 Å². The van der Waals surface area contributed by atoms with E-state index in [2.05, 4.69) is 13.8 Å². The van der Waals surface area contributed by atoms with Crippen molar-refractivity contribution in [2.24, 2.45) is 0 Å². The zero-order valence-electron chi connectivity index (χ0n) is 11.3. The van der Waals surface area contributed by atoms with Crippen molar-refractivity contribution >= 4 is 6.79 Å². The van der Waals surface area contributed by atoms with Gasteiger partial charge in [0.25, 0.3) is 0 Å². The van der Waals surface area contributed by atoms with Gasteiger partial charge >= 0.3 is 0 Å². The van der Waals surface area contributed by atoms with E-state index in [0.717, 1.165) is 6.42 Å². The molecular weight excluding hydrogens is 224 g/mol. The van der Waals surface area contributed by atoms with Crippen LogP contribution < -0.4 is 0 Å². The molecule has 1 fully saturated rings. The molecule has 5 heteroatoms. The van der Waals surface area contributed by atoms with Gasteiger partial charge in [-0.05, 0) is 40.5 Å². The van der Waals surface area contributed by atoms with E-state index in [9.17, 15) is 0 Å². The van der Waals surface area contributed by atoms with E-state index in [0.29, 0.717) is 25.4 Å². The second-order valence-electron chi connectivity index (χ2n) is 4.24. The molecule has 1 aliphatic rings. The van der Waals surface area contributed by atoms with Crippen molar-refractivity contribution < 1.29 is 24.5 Å². The van der Waals surface area contributed by atoms with E-state index in [1.54, 1.807) is 13.8 Å². The number of hydrogen-bond donors (Lipinski definition) is 2. The molecule has 1 rings (SSSR count). The maximum Gasteiger partial charge on any atom is 0.147 e. The Bertz CT molecular complexity index is 147. The summed E-state index contributed by atoms with van der Waals surface area (Å²) in [4.78, 5) is 8.00. The van der Waals surface area contributed by atoms with Gasteiger partial charge in [-0.15, -0.1) is 0 Å². The zero-order valence-corrected chi connectivity index (χ0v) is 11.3. The molecule has 17 heavy (non-hydrogen) atoms. The summed E-state index contributed by atoms with van der Waals surface area (Å²) < 4.78 is 10.3. The molecule has 0 bridgehead atoms. The highest BCUT2D eigenvalue weighted by Crippen LogP contribution is 2.10. The molecule has 0 aliphatic carbocycles. The third-order valence-electron chi connectivity index (χ3n) is 2.05. The van der Waals surface area contributed by atoms with Crippen LogP contribution in [0.2, 0.25) is 0 Å². The lowest BCUT2D eigenvalue weighted by molar-refractivity contribution is -0.164. The Morgan fingerprint density at radius 2 is 1.47 bits per heavy atom. The van der Waals surface area contributed by atoms with Crippen molar-refractivity contribution in [3.05, 3.63) is 0 Å². The standard InChI is InChI=1S/C6H12O2.C5H12O2.CH2O/c1-5-3-6(2)8-4-7-5;1-4(6)3-5(2)7;1-2/h5-6H,3-4H2,1-2H3;4-7H,3H2,1-2H3;1H2. The van der Waals surface area contributed by atoms with Gasteiger partial charge < -0.3 is 24.5 Å². The van der Waals surface area contributed by atoms with Crippen LogP contribution in [0.1, 0.15) is 40.5 Å². The summed E-state index contributed by atoms with van der Waals surface area (Å²) >= 11 is 0. The highest BCUT2D eigenvalue weighted by Gasteiger charge is 2.14. The minimum absolute atomic E-state index is 0.375. The fourth-order valence-electron chi connectivity index (χ4n) is 1.37. The first-order chi connectivity index (χ1) is 7.91. The Balaban J connectivity index is 0. The molecule has 0 spiro atoms. The summed E-state index contributed by atoms with van der Waals surface area (Å²) in [7, 11) is 0. The molecule has 1 saturated heterocycles. The fraction of sp³-hybridized carbons (Fsp3) is 0.917. The first-order valence-electron chi connectivity index (χ1n) is 5.80. The Hall–Kier alpha value is -0.490. The maximum absolute atomic E-state index is 8.56. The SMILES string of the molecule is C=O.CC(O)CC(C)O.CC1CC(C)OCO1. The Morgan fingerprint density at radius 3 is 1.59 bits per heavy atom. The normalized spacial score (nSPS) is 26.7. The largest absolute Gasteiger partial charge is 0.393 e. The molecule has 1 aliphatic heterocycles. The molecule has 2 N–H and O–H groups in total. The number of hydrogen-bond acceptors (Lipinski definition) is 5. The molecular formula is C12H26O5. The van der Waals surface area contributed by atoms with Crippen molar-refractivity contribution in [2.45, 2.75) is 65.0 Å². The lowest BCUT2D eigenvalue weighted by Crippen LogP contribution is -2.26. The van der Waals surface area contributed by atoms with E-state index in [1.165, 1.54) is 0 Å². The van der Waals surface area contributed by atoms with Gasteiger partial charge in [0.15, 0.2) is 0 Å². The molecule has 5 nitrogen and oxygen atoms in total. The lowest BCUT2D eigenvalue weighted by atomic mass is 10.2. The summed E-state index contributed by atoms with van der Waals surface area (Å²) in [5.74, 6) is 0. The van der Waals surface area contributed by atoms with Crippen molar-refractivity contribution in [1.29, 1.82) is 0 Å². The molecule has 0 aromatic heterocycles. The Labute approximate surface area is 104 Å². The lowest BCUT2D eigenvalue weighted by Gasteiger charge is -2.24. The smallest absolute Gasteiger partial charge is 0.147 e. The molecule has 0 saturated carbocycles. The van der Waals surface area contributed by atoms with Gasteiger partial charge in [-0.2, -0.15) is 0 Å². The first kappa shape index (κ1) is 18.9. The van der Waals surface area contributed by atoms with Gasteiger partial charge in [0.05, 0.1) is 24.4 Å². The molecule has 1 heterocycles. The summed E-state index contributed by atoms with van der Waals surface area (Å²) in [6.07, 6.45) is 1.53. The molecule has 4 unspecified atom stereocenters. The third kappa shape index (κ3) is 15.5. The highest BCUT2D eigenvalue weighted by atomic mass is 16.7. The number of aliphatic hydroxyl groups is 2. The number of carbonyl (C=O) groups excluding carboxylic acids is 1. The number of aliphatic hydroxyl groups excluding tert-OH is 2. The van der Waals surface area contributed by atoms with E-state index in [-0.39, 0.29) is 12.2 Å². The van der Waals surface area contributed by atoms with Gasteiger partial charge in [0.1, 0.15) is 13.6 Å². The van der Waals surface area contributed by atoms with Crippen molar-refractivity contribution in [3.63, 3.8) is 0 Å². The van der Waals surface area contributed by atoms with Crippen LogP contribution in [0.4, 0.5) is 0 Å². The van der Waals surface area contributed by atoms with Crippen molar-refractivity contribution in [3.8, 4) is 0 Å². The van der Waals surface area contributed by atoms with Gasteiger partial charge in [-0.1, -0.05) is 0 Å². The average molecular weight is 250 g/mol. The summed E-state index contributed by atoms with van der Waals surface area (Å²) in [6.45, 7) is 9.93. The molecule has 104 valence electrons. The maximum atomic E-state index is 8.56. The quantitative estimate of drug-likeness (QED) is 0.768. The van der Waals surface area contributed by atoms with E-state index < -0.39 is 0 Å². The molecule has 4 atom stereocenters. The summed E-state index contributed by atoms with van der Waals surface area (Å²) in [5, 5.41) is 17.1. The number of carbonyl (C=O) groups is 1. The summed E-state index contributed by atoms with van der Waals surface area (Å²) in [6, 6.07) is 0. The zero-order chi connectivity index (χ0) is 13.8. The van der Waals surface area contributed by atoms with Crippen molar-refractivity contribution in [2.75, 3.05) is 6.79 Å². The van der Waals surface area contributed by atoms with Gasteiger partial charge in [0, 0.05) is 0 Å². The van der Waals surface area contributed by atoms with E-state index in [1.807, 2.05) is 6.79 Å². The summed E-state index contributed by atoms with van der Waals surface area (Å²) in [5.41, 5.74) is 0. The predicted molar refractivity (Wildman–Crippen MR) is 65.7 cm³/mol. The van der Waals surface area contributed by atoms with Crippen LogP contribution in [0.5, 0.6) is 0 Å². The van der Waals surface area contributed by atoms with Crippen LogP contribution in [-0.2, 0) is 14.3 Å². The first-order valence-corrected chi connectivity index (χ1v) is 5.80. The van der Waals surface area contributed by atoms with Crippen LogP contribution in [0, 0.1) is 0 Å². The van der Waals surface area contributed by atoms with Gasteiger partial charge in [0.2, 0.25) is 0 Å². The van der Waals surface area contributed by atoms with Crippen LogP contribution in [0.3, 0.4) is 0 Å². The molecule has 0 aromatic rings. The second-order valence-corrected chi connectivity index (χ2v) is 4.24. The fourth-order valence-corrected chi connectivity index (χ4v) is 1.37. The molecule has 0 radical (unpaired) electrons. The van der Waals surface area contributed by atoms with E-state index >= 15 is 0 Å². The van der Waals surface area contributed by atoms with Crippen LogP contribution >= 0.6 is 0 Å². The Morgan fingerprint density at radius 1 is 1.12 bits per heavy atom. The second kappa shape index (κ2) is 12.0. The number of ether oxygens (including phenoxy) is 2. The van der Waals surface area contributed by atoms with Crippen molar-refractivity contribution in [1.82, 2.24) is 0 Å². The molecule has 0 amide bonds. The van der Waals surface area contributed by atoms with Crippen LogP contribution in [0.25, 0.3) is 0 Å². The topological polar surface area (TPSA) is 76.0 Å². The molecule has 0 aromatic carbocycles. The number of rotatable bonds is 2.